The summed E-state index contributed by atoms with van der Waals surface area (Å²) in [5.41, 5.74) is 2.58. The first-order valence-corrected chi connectivity index (χ1v) is 7.80. The van der Waals surface area contributed by atoms with Crippen LogP contribution in [0.15, 0.2) is 18.2 Å². The van der Waals surface area contributed by atoms with Gasteiger partial charge in [0.1, 0.15) is 11.5 Å². The monoisotopic (exact) mass is 276 g/mol. The van der Waals surface area contributed by atoms with Crippen molar-refractivity contribution in [1.82, 2.24) is 0 Å². The van der Waals surface area contributed by atoms with Gasteiger partial charge in [-0.1, -0.05) is 26.8 Å². The standard InChI is InChI=1S/C18H28O2/c1-5-7-17(19)12-14(3)11-16-8-9-18(13-15(16)4)20-10-6-2/h8-9,13-14H,5-7,10-12H2,1-4H3. The highest BCUT2D eigenvalue weighted by molar-refractivity contribution is 5.78. The first-order valence-electron chi connectivity index (χ1n) is 7.80. The van der Waals surface area contributed by atoms with E-state index in [1.54, 1.807) is 0 Å². The van der Waals surface area contributed by atoms with Gasteiger partial charge >= 0.3 is 0 Å². The molecule has 0 amide bonds. The van der Waals surface area contributed by atoms with E-state index >= 15 is 0 Å². The van der Waals surface area contributed by atoms with Crippen molar-refractivity contribution in [2.24, 2.45) is 5.92 Å². The van der Waals surface area contributed by atoms with E-state index < -0.39 is 0 Å². The summed E-state index contributed by atoms with van der Waals surface area (Å²) < 4.78 is 5.64. The number of aryl methyl sites for hydroxylation is 1. The molecule has 0 spiro atoms. The average Bonchev–Trinajstić information content (AvgIpc) is 2.39. The number of rotatable bonds is 9. The van der Waals surface area contributed by atoms with Gasteiger partial charge in [-0.2, -0.15) is 0 Å². The third-order valence-corrected chi connectivity index (χ3v) is 3.46. The van der Waals surface area contributed by atoms with Gasteiger partial charge in [0.2, 0.25) is 0 Å². The van der Waals surface area contributed by atoms with Crippen LogP contribution in [0.3, 0.4) is 0 Å². The van der Waals surface area contributed by atoms with Crippen LogP contribution in [0.2, 0.25) is 0 Å². The normalized spacial score (nSPS) is 12.2. The summed E-state index contributed by atoms with van der Waals surface area (Å²) in [4.78, 5) is 11.7. The third kappa shape index (κ3) is 5.77. The van der Waals surface area contributed by atoms with Crippen LogP contribution in [0.1, 0.15) is 57.6 Å². The highest BCUT2D eigenvalue weighted by Crippen LogP contribution is 2.21. The molecular formula is C18H28O2. The fourth-order valence-electron chi connectivity index (χ4n) is 2.42. The Bertz CT molecular complexity index is 423. The van der Waals surface area contributed by atoms with Gasteiger partial charge < -0.3 is 4.74 Å². The lowest BCUT2D eigenvalue weighted by Gasteiger charge is -2.14. The van der Waals surface area contributed by atoms with Crippen LogP contribution < -0.4 is 4.74 Å². The number of carbonyl (C=O) groups excluding carboxylic acids is 1. The van der Waals surface area contributed by atoms with Crippen LogP contribution >= 0.6 is 0 Å². The minimum absolute atomic E-state index is 0.389. The Balaban J connectivity index is 2.57. The molecule has 0 saturated carbocycles. The van der Waals surface area contributed by atoms with Crippen molar-refractivity contribution in [1.29, 1.82) is 0 Å². The molecule has 0 heterocycles. The van der Waals surface area contributed by atoms with Crippen molar-refractivity contribution in [3.8, 4) is 5.75 Å². The summed E-state index contributed by atoms with van der Waals surface area (Å²) >= 11 is 0. The summed E-state index contributed by atoms with van der Waals surface area (Å²) in [6, 6.07) is 6.28. The third-order valence-electron chi connectivity index (χ3n) is 3.46. The van der Waals surface area contributed by atoms with Gasteiger partial charge in [-0.25, -0.2) is 0 Å². The van der Waals surface area contributed by atoms with Crippen LogP contribution in [0.5, 0.6) is 5.75 Å². The average molecular weight is 276 g/mol. The second-order valence-electron chi connectivity index (χ2n) is 5.74. The summed E-state index contributed by atoms with van der Waals surface area (Å²) in [6.45, 7) is 9.21. The molecule has 20 heavy (non-hydrogen) atoms. The summed E-state index contributed by atoms with van der Waals surface area (Å²) in [5.74, 6) is 1.75. The van der Waals surface area contributed by atoms with Crippen LogP contribution in [-0.4, -0.2) is 12.4 Å². The predicted octanol–water partition coefficient (Wildman–Crippen LogP) is 4.72. The Morgan fingerprint density at radius 2 is 2.00 bits per heavy atom. The van der Waals surface area contributed by atoms with E-state index in [2.05, 4.69) is 39.8 Å². The Hall–Kier alpha value is -1.31. The Labute approximate surface area is 123 Å². The summed E-state index contributed by atoms with van der Waals surface area (Å²) in [7, 11) is 0. The smallest absolute Gasteiger partial charge is 0.133 e. The Morgan fingerprint density at radius 1 is 1.25 bits per heavy atom. The van der Waals surface area contributed by atoms with Crippen molar-refractivity contribution >= 4 is 5.78 Å². The topological polar surface area (TPSA) is 26.3 Å². The van der Waals surface area contributed by atoms with E-state index in [1.165, 1.54) is 11.1 Å². The molecule has 2 heteroatoms. The van der Waals surface area contributed by atoms with Crippen LogP contribution in [0.4, 0.5) is 0 Å². The zero-order valence-corrected chi connectivity index (χ0v) is 13.4. The molecule has 0 aromatic heterocycles. The molecular weight excluding hydrogens is 248 g/mol. The van der Waals surface area contributed by atoms with Gasteiger partial charge in [0.15, 0.2) is 0 Å². The second kappa shape index (κ2) is 8.78. The van der Waals surface area contributed by atoms with E-state index in [1.807, 2.05) is 6.07 Å². The summed E-state index contributed by atoms with van der Waals surface area (Å²) in [5, 5.41) is 0. The number of ether oxygens (including phenoxy) is 1. The van der Waals surface area contributed by atoms with Crippen molar-refractivity contribution in [2.75, 3.05) is 6.61 Å². The van der Waals surface area contributed by atoms with Crippen LogP contribution in [0, 0.1) is 12.8 Å². The first-order chi connectivity index (χ1) is 9.56. The zero-order chi connectivity index (χ0) is 15.0. The molecule has 0 N–H and O–H groups in total. The quantitative estimate of drug-likeness (QED) is 0.652. The van der Waals surface area contributed by atoms with Crippen LogP contribution in [0.25, 0.3) is 0 Å². The fourth-order valence-corrected chi connectivity index (χ4v) is 2.42. The molecule has 1 aromatic rings. The molecule has 2 nitrogen and oxygen atoms in total. The molecule has 0 saturated heterocycles. The molecule has 1 rings (SSSR count). The second-order valence-corrected chi connectivity index (χ2v) is 5.74. The van der Waals surface area contributed by atoms with Gasteiger partial charge in [-0.3, -0.25) is 4.79 Å². The van der Waals surface area contributed by atoms with Crippen molar-refractivity contribution in [3.05, 3.63) is 29.3 Å². The Morgan fingerprint density at radius 3 is 2.60 bits per heavy atom. The SMILES string of the molecule is CCCOc1ccc(CC(C)CC(=O)CCC)c(C)c1. The van der Waals surface area contributed by atoms with Gasteiger partial charge in [-0.05, 0) is 55.4 Å². The van der Waals surface area contributed by atoms with E-state index in [4.69, 9.17) is 4.74 Å². The maximum atomic E-state index is 11.7. The molecule has 112 valence electrons. The molecule has 0 radical (unpaired) electrons. The fraction of sp³-hybridized carbons (Fsp3) is 0.611. The molecule has 0 aliphatic rings. The highest BCUT2D eigenvalue weighted by Gasteiger charge is 2.11. The molecule has 0 aliphatic heterocycles. The van der Waals surface area contributed by atoms with E-state index in [0.717, 1.165) is 31.6 Å². The van der Waals surface area contributed by atoms with Crippen molar-refractivity contribution < 1.29 is 9.53 Å². The molecule has 0 aliphatic carbocycles. The van der Waals surface area contributed by atoms with Gasteiger partial charge in [0.25, 0.3) is 0 Å². The predicted molar refractivity (Wildman–Crippen MR) is 84.4 cm³/mol. The maximum Gasteiger partial charge on any atom is 0.133 e. The van der Waals surface area contributed by atoms with Gasteiger partial charge in [0, 0.05) is 12.8 Å². The largest absolute Gasteiger partial charge is 0.494 e. The molecule has 1 aromatic carbocycles. The maximum absolute atomic E-state index is 11.7. The molecule has 1 unspecified atom stereocenters. The van der Waals surface area contributed by atoms with Crippen molar-refractivity contribution in [3.63, 3.8) is 0 Å². The first kappa shape index (κ1) is 16.7. The minimum atomic E-state index is 0.389. The minimum Gasteiger partial charge on any atom is -0.494 e. The highest BCUT2D eigenvalue weighted by atomic mass is 16.5. The number of carbonyl (C=O) groups is 1. The Kier molecular flexibility index (Phi) is 7.35. The van der Waals surface area contributed by atoms with Gasteiger partial charge in [-0.15, -0.1) is 0 Å². The molecule has 0 bridgehead atoms. The number of hydrogen-bond donors (Lipinski definition) is 0. The lowest BCUT2D eigenvalue weighted by molar-refractivity contribution is -0.119. The lowest BCUT2D eigenvalue weighted by Crippen LogP contribution is -2.08. The molecule has 0 fully saturated rings. The summed E-state index contributed by atoms with van der Waals surface area (Å²) in [6.07, 6.45) is 4.36. The molecule has 1 atom stereocenters. The van der Waals surface area contributed by atoms with Crippen molar-refractivity contribution in [2.45, 2.75) is 59.8 Å². The number of hydrogen-bond acceptors (Lipinski definition) is 2. The number of ketones is 1. The van der Waals surface area contributed by atoms with Crippen LogP contribution in [-0.2, 0) is 11.2 Å². The van der Waals surface area contributed by atoms with E-state index in [9.17, 15) is 4.79 Å². The van der Waals surface area contributed by atoms with E-state index in [0.29, 0.717) is 24.5 Å². The number of Topliss-reactive ketones (excluding diaryl/α,β-unsaturated/α-hetero) is 1. The van der Waals surface area contributed by atoms with E-state index in [-0.39, 0.29) is 0 Å². The lowest BCUT2D eigenvalue weighted by atomic mass is 9.92. The zero-order valence-electron chi connectivity index (χ0n) is 13.4. The van der Waals surface area contributed by atoms with Gasteiger partial charge in [0.05, 0.1) is 6.61 Å². The number of benzene rings is 1.